The summed E-state index contributed by atoms with van der Waals surface area (Å²) in [5.41, 5.74) is -3.02. The molecule has 0 saturated carbocycles. The summed E-state index contributed by atoms with van der Waals surface area (Å²) >= 11 is 0. The fourth-order valence-corrected chi connectivity index (χ4v) is 6.30. The molecule has 0 N–H and O–H groups in total. The summed E-state index contributed by atoms with van der Waals surface area (Å²) in [6.07, 6.45) is -1.83. The molecule has 1 atom stereocenters. The lowest BCUT2D eigenvalue weighted by Crippen LogP contribution is -2.45. The van der Waals surface area contributed by atoms with Crippen molar-refractivity contribution in [2.75, 3.05) is 19.8 Å². The van der Waals surface area contributed by atoms with Crippen LogP contribution < -0.4 is 0 Å². The Hall–Kier alpha value is -3.52. The highest BCUT2D eigenvalue weighted by Crippen LogP contribution is 2.62. The van der Waals surface area contributed by atoms with E-state index in [9.17, 15) is 9.36 Å². The van der Waals surface area contributed by atoms with Gasteiger partial charge in [0.05, 0.1) is 26.4 Å². The fraction of sp³-hybridized carbons (Fsp3) is 0.265. The zero-order valence-electron chi connectivity index (χ0n) is 24.1. The summed E-state index contributed by atoms with van der Waals surface area (Å²) in [6.45, 7) is 1.34. The first-order valence-corrected chi connectivity index (χ1v) is 15.6. The molecule has 0 aliphatic carbocycles. The van der Waals surface area contributed by atoms with Gasteiger partial charge in [-0.1, -0.05) is 121 Å². The van der Waals surface area contributed by atoms with Crippen LogP contribution in [-0.2, 0) is 40.1 Å². The van der Waals surface area contributed by atoms with Gasteiger partial charge in [-0.2, -0.15) is 8.78 Å². The minimum absolute atomic E-state index is 0.167. The number of carbonyl (C=O) groups is 1. The van der Waals surface area contributed by atoms with E-state index in [0.717, 1.165) is 0 Å². The Morgan fingerprint density at radius 3 is 1.49 bits per heavy atom. The van der Waals surface area contributed by atoms with Crippen LogP contribution in [0.2, 0.25) is 0 Å². The Kier molecular flexibility index (Phi) is 11.1. The van der Waals surface area contributed by atoms with E-state index in [1.165, 1.54) is 13.8 Å². The summed E-state index contributed by atoms with van der Waals surface area (Å²) in [7, 11) is -5.18. The summed E-state index contributed by atoms with van der Waals surface area (Å²) < 4.78 is 67.1. The van der Waals surface area contributed by atoms with E-state index in [1.54, 1.807) is 30.3 Å². The maximum atomic E-state index is 15.8. The van der Waals surface area contributed by atoms with Gasteiger partial charge in [-0.25, -0.2) is 0 Å². The molecule has 0 aliphatic rings. The molecule has 0 spiro atoms. The quantitative estimate of drug-likeness (QED) is 0.0948. The number of hydrogen-bond donors (Lipinski definition) is 0. The highest BCUT2D eigenvalue weighted by Gasteiger charge is 2.61. The molecule has 0 saturated heterocycles. The third kappa shape index (κ3) is 7.18. The number of Topliss-reactive ketones (excluding diaryl/α,β-unsaturated/α-hetero) is 1. The van der Waals surface area contributed by atoms with Gasteiger partial charge in [0.15, 0.2) is 0 Å². The van der Waals surface area contributed by atoms with Crippen molar-refractivity contribution in [3.8, 4) is 0 Å². The number of alkyl halides is 2. The van der Waals surface area contributed by atoms with Crippen LogP contribution in [0, 0.1) is 0 Å². The molecule has 0 radical (unpaired) electrons. The molecule has 0 bridgehead atoms. The van der Waals surface area contributed by atoms with E-state index < -0.39 is 37.4 Å². The maximum Gasteiger partial charge on any atom is 0.407 e. The zero-order chi connectivity index (χ0) is 30.8. The third-order valence-electron chi connectivity index (χ3n) is 6.82. The topological polar surface area (TPSA) is 71.1 Å². The SMILES string of the molecule is CCOP(=O)(OCC)C(F)(F)C(=O)[C@@H](COC(c1ccccc1)(c1ccccc1)c1ccccc1)OCc1ccccc1. The van der Waals surface area contributed by atoms with E-state index in [0.29, 0.717) is 22.3 Å². The maximum absolute atomic E-state index is 15.8. The molecule has 0 heterocycles. The van der Waals surface area contributed by atoms with Gasteiger partial charge in [-0.15, -0.1) is 0 Å². The summed E-state index contributed by atoms with van der Waals surface area (Å²) in [5, 5.41) is 0. The molecule has 0 aromatic heterocycles. The van der Waals surface area contributed by atoms with Crippen LogP contribution >= 0.6 is 7.60 Å². The summed E-state index contributed by atoms with van der Waals surface area (Å²) in [4.78, 5) is 13.6. The van der Waals surface area contributed by atoms with Crippen molar-refractivity contribution in [2.45, 2.75) is 37.8 Å². The second-order valence-electron chi connectivity index (χ2n) is 9.61. The lowest BCUT2D eigenvalue weighted by molar-refractivity contribution is -0.156. The van der Waals surface area contributed by atoms with Gasteiger partial charge in [0.2, 0.25) is 5.78 Å². The van der Waals surface area contributed by atoms with Crippen LogP contribution in [0.3, 0.4) is 0 Å². The van der Waals surface area contributed by atoms with E-state index in [1.807, 2.05) is 91.0 Å². The van der Waals surface area contributed by atoms with E-state index in [4.69, 9.17) is 18.5 Å². The average molecular weight is 609 g/mol. The Labute approximate surface area is 251 Å². The Balaban J connectivity index is 1.80. The number of benzene rings is 4. The zero-order valence-corrected chi connectivity index (χ0v) is 25.0. The smallest absolute Gasteiger partial charge is 0.363 e. The Morgan fingerprint density at radius 2 is 1.09 bits per heavy atom. The molecule has 4 aromatic carbocycles. The predicted octanol–water partition coefficient (Wildman–Crippen LogP) is 8.01. The first kappa shape index (κ1) is 32.4. The number of ether oxygens (including phenoxy) is 2. The predicted molar refractivity (Wildman–Crippen MR) is 161 cm³/mol. The highest BCUT2D eigenvalue weighted by atomic mass is 31.2. The number of halogens is 2. The first-order valence-electron chi connectivity index (χ1n) is 14.1. The van der Waals surface area contributed by atoms with Crippen molar-refractivity contribution in [1.82, 2.24) is 0 Å². The number of ketones is 1. The molecule has 9 heteroatoms. The van der Waals surface area contributed by atoms with Crippen molar-refractivity contribution < 1.29 is 36.7 Å². The summed E-state index contributed by atoms with van der Waals surface area (Å²) in [6, 6.07) is 36.7. The minimum Gasteiger partial charge on any atom is -0.363 e. The normalized spacial score (nSPS) is 13.0. The van der Waals surface area contributed by atoms with Crippen molar-refractivity contribution in [1.29, 1.82) is 0 Å². The van der Waals surface area contributed by atoms with Crippen LogP contribution in [0.25, 0.3) is 0 Å². The van der Waals surface area contributed by atoms with Gasteiger partial charge in [0.25, 0.3) is 0 Å². The number of hydrogen-bond acceptors (Lipinski definition) is 6. The molecule has 4 rings (SSSR count). The molecule has 226 valence electrons. The number of carbonyl (C=O) groups excluding carboxylic acids is 1. The van der Waals surface area contributed by atoms with Crippen molar-refractivity contribution in [3.05, 3.63) is 144 Å². The summed E-state index contributed by atoms with van der Waals surface area (Å²) in [5.74, 6) is -1.75. The van der Waals surface area contributed by atoms with Crippen molar-refractivity contribution >= 4 is 13.4 Å². The van der Waals surface area contributed by atoms with Gasteiger partial charge < -0.3 is 18.5 Å². The molecule has 0 amide bonds. The van der Waals surface area contributed by atoms with Gasteiger partial charge in [0, 0.05) is 0 Å². The largest absolute Gasteiger partial charge is 0.407 e. The van der Waals surface area contributed by atoms with Crippen molar-refractivity contribution in [3.63, 3.8) is 0 Å². The molecule has 0 aliphatic heterocycles. The minimum atomic E-state index is -5.18. The Morgan fingerprint density at radius 1 is 0.698 bits per heavy atom. The van der Waals surface area contributed by atoms with E-state index in [-0.39, 0.29) is 19.8 Å². The third-order valence-corrected chi connectivity index (χ3v) is 8.92. The van der Waals surface area contributed by atoms with Crippen LogP contribution in [-0.4, -0.2) is 37.4 Å². The van der Waals surface area contributed by atoms with E-state index >= 15 is 8.78 Å². The second kappa shape index (κ2) is 14.8. The molecule has 43 heavy (non-hydrogen) atoms. The van der Waals surface area contributed by atoms with Crippen LogP contribution in [0.5, 0.6) is 0 Å². The van der Waals surface area contributed by atoms with Gasteiger partial charge in [-0.3, -0.25) is 9.36 Å². The second-order valence-corrected chi connectivity index (χ2v) is 11.7. The Bertz CT molecular complexity index is 1360. The van der Waals surface area contributed by atoms with Gasteiger partial charge in [0.1, 0.15) is 11.7 Å². The molecular formula is C34H35F2O6P. The molecular weight excluding hydrogens is 573 g/mol. The lowest BCUT2D eigenvalue weighted by atomic mass is 9.80. The van der Waals surface area contributed by atoms with Crippen LogP contribution in [0.4, 0.5) is 8.78 Å². The van der Waals surface area contributed by atoms with Gasteiger partial charge in [-0.05, 0) is 36.1 Å². The highest BCUT2D eigenvalue weighted by molar-refractivity contribution is 7.56. The molecule has 4 aromatic rings. The first-order chi connectivity index (χ1) is 20.8. The monoisotopic (exact) mass is 608 g/mol. The molecule has 0 fully saturated rings. The molecule has 0 unspecified atom stereocenters. The van der Waals surface area contributed by atoms with Crippen LogP contribution in [0.1, 0.15) is 36.1 Å². The lowest BCUT2D eigenvalue weighted by Gasteiger charge is -2.37. The van der Waals surface area contributed by atoms with Crippen LogP contribution in [0.15, 0.2) is 121 Å². The van der Waals surface area contributed by atoms with Crippen molar-refractivity contribution in [2.24, 2.45) is 0 Å². The fourth-order valence-electron chi connectivity index (χ4n) is 4.81. The molecule has 6 nitrogen and oxygen atoms in total. The number of rotatable bonds is 16. The van der Waals surface area contributed by atoms with E-state index in [2.05, 4.69) is 0 Å². The average Bonchev–Trinajstić information content (AvgIpc) is 3.04. The van der Waals surface area contributed by atoms with Gasteiger partial charge >= 0.3 is 13.3 Å². The standard InChI is InChI=1S/C34H35F2O6P/c1-3-41-43(38,42-4-2)34(35,36)32(37)31(39-25-27-17-9-5-10-18-27)26-40-33(28-19-11-6-12-20-28,29-21-13-7-14-22-29)30-23-15-8-16-24-30/h5-24,31H,3-4,25-26H2,1-2H3/t31-/m1/s1.